The van der Waals surface area contributed by atoms with E-state index in [9.17, 15) is 4.79 Å². The zero-order valence-electron chi connectivity index (χ0n) is 10.7. The molecule has 18 heavy (non-hydrogen) atoms. The van der Waals surface area contributed by atoms with E-state index in [1.807, 2.05) is 0 Å². The lowest BCUT2D eigenvalue weighted by atomic mass is 10.2. The quantitative estimate of drug-likeness (QED) is 0.661. The van der Waals surface area contributed by atoms with Crippen molar-refractivity contribution < 1.29 is 14.3 Å². The van der Waals surface area contributed by atoms with Crippen LogP contribution in [0.1, 0.15) is 10.4 Å². The van der Waals surface area contributed by atoms with Gasteiger partial charge in [-0.3, -0.25) is 9.78 Å². The number of methoxy groups -OCH3 is 2. The molecule has 1 aromatic heterocycles. The molecule has 0 atom stereocenters. The molecule has 1 rings (SSSR count). The first-order valence-electron chi connectivity index (χ1n) is 5.73. The maximum Gasteiger partial charge on any atom is 0.253 e. The third-order valence-corrected chi connectivity index (χ3v) is 2.23. The van der Waals surface area contributed by atoms with Gasteiger partial charge in [0, 0.05) is 39.7 Å². The van der Waals surface area contributed by atoms with Crippen LogP contribution >= 0.6 is 0 Å². The Labute approximate surface area is 107 Å². The fourth-order valence-corrected chi connectivity index (χ4v) is 1.33. The van der Waals surface area contributed by atoms with Crippen molar-refractivity contribution in [2.24, 2.45) is 0 Å². The molecule has 1 heterocycles. The predicted octanol–water partition coefficient (Wildman–Crippen LogP) is 0.516. The Hall–Kier alpha value is -1.66. The normalized spacial score (nSPS) is 10.1. The average molecular weight is 253 g/mol. The number of aromatic nitrogens is 1. The van der Waals surface area contributed by atoms with Crippen molar-refractivity contribution in [2.45, 2.75) is 0 Å². The second-order valence-corrected chi connectivity index (χ2v) is 3.63. The fraction of sp³-hybridized carbons (Fsp3) is 0.500. The molecule has 0 aliphatic rings. The molecule has 0 spiro atoms. The van der Waals surface area contributed by atoms with E-state index in [2.05, 4.69) is 15.6 Å². The van der Waals surface area contributed by atoms with Crippen LogP contribution in [-0.2, 0) is 9.47 Å². The molecule has 0 radical (unpaired) electrons. The number of ether oxygens (including phenoxy) is 2. The Kier molecular flexibility index (Phi) is 6.75. The third kappa shape index (κ3) is 5.11. The summed E-state index contributed by atoms with van der Waals surface area (Å²) in [6.45, 7) is 2.25. The molecule has 0 fully saturated rings. The Balaban J connectivity index is 2.49. The minimum atomic E-state index is -0.157. The maximum absolute atomic E-state index is 11.7. The number of nitrogens with zero attached hydrogens (tertiary/aromatic N) is 1. The Morgan fingerprint density at radius 3 is 2.67 bits per heavy atom. The number of carbonyl (C=O) groups is 1. The highest BCUT2D eigenvalue weighted by molar-refractivity contribution is 5.94. The molecule has 0 aromatic carbocycles. The van der Waals surface area contributed by atoms with Crippen LogP contribution < -0.4 is 10.6 Å². The highest BCUT2D eigenvalue weighted by atomic mass is 16.5. The summed E-state index contributed by atoms with van der Waals surface area (Å²) in [4.78, 5) is 15.8. The summed E-state index contributed by atoms with van der Waals surface area (Å²) in [5.74, 6) is -0.157. The van der Waals surface area contributed by atoms with Gasteiger partial charge in [0.25, 0.3) is 5.91 Å². The Bertz CT molecular complexity index is 371. The van der Waals surface area contributed by atoms with E-state index < -0.39 is 0 Å². The summed E-state index contributed by atoms with van der Waals surface area (Å²) in [6, 6.07) is 1.75. The van der Waals surface area contributed by atoms with Crippen molar-refractivity contribution >= 4 is 11.6 Å². The Morgan fingerprint density at radius 2 is 1.94 bits per heavy atom. The van der Waals surface area contributed by atoms with Gasteiger partial charge < -0.3 is 20.1 Å². The number of carbonyl (C=O) groups excluding carboxylic acids is 1. The lowest BCUT2D eigenvalue weighted by Crippen LogP contribution is -2.27. The van der Waals surface area contributed by atoms with Crippen LogP contribution in [0.3, 0.4) is 0 Å². The van der Waals surface area contributed by atoms with Gasteiger partial charge in [0.1, 0.15) is 0 Å². The first-order valence-corrected chi connectivity index (χ1v) is 5.73. The summed E-state index contributed by atoms with van der Waals surface area (Å²) in [7, 11) is 3.23. The summed E-state index contributed by atoms with van der Waals surface area (Å²) in [6.07, 6.45) is 3.20. The van der Waals surface area contributed by atoms with Crippen LogP contribution in [0, 0.1) is 0 Å². The smallest absolute Gasteiger partial charge is 0.253 e. The van der Waals surface area contributed by atoms with E-state index in [0.717, 1.165) is 5.69 Å². The van der Waals surface area contributed by atoms with E-state index in [4.69, 9.17) is 9.47 Å². The largest absolute Gasteiger partial charge is 0.383 e. The van der Waals surface area contributed by atoms with Gasteiger partial charge in [-0.15, -0.1) is 0 Å². The van der Waals surface area contributed by atoms with Crippen molar-refractivity contribution in [3.8, 4) is 0 Å². The zero-order chi connectivity index (χ0) is 13.2. The number of hydrogen-bond acceptors (Lipinski definition) is 5. The number of hydrogen-bond donors (Lipinski definition) is 2. The van der Waals surface area contributed by atoms with E-state index in [1.165, 1.54) is 6.20 Å². The first kappa shape index (κ1) is 14.4. The van der Waals surface area contributed by atoms with Gasteiger partial charge in [0.2, 0.25) is 0 Å². The molecule has 0 bridgehead atoms. The molecule has 6 nitrogen and oxygen atoms in total. The van der Waals surface area contributed by atoms with Gasteiger partial charge in [-0.1, -0.05) is 0 Å². The molecule has 1 amide bonds. The van der Waals surface area contributed by atoms with Crippen LogP contribution in [0.5, 0.6) is 0 Å². The number of anilines is 1. The van der Waals surface area contributed by atoms with Crippen LogP contribution in [0.4, 0.5) is 5.69 Å². The topological polar surface area (TPSA) is 72.5 Å². The molecular formula is C12H19N3O3. The summed E-state index contributed by atoms with van der Waals surface area (Å²) < 4.78 is 9.79. The number of rotatable bonds is 8. The maximum atomic E-state index is 11.7. The average Bonchev–Trinajstić information content (AvgIpc) is 2.39. The SMILES string of the molecule is COCCNC(=O)c1cncc(NCCOC)c1. The van der Waals surface area contributed by atoms with Gasteiger partial charge in [0.05, 0.1) is 24.5 Å². The molecule has 2 N–H and O–H groups in total. The highest BCUT2D eigenvalue weighted by Gasteiger charge is 2.05. The van der Waals surface area contributed by atoms with Crippen molar-refractivity contribution in [3.63, 3.8) is 0 Å². The predicted molar refractivity (Wildman–Crippen MR) is 68.8 cm³/mol. The molecule has 0 saturated carbocycles. The first-order chi connectivity index (χ1) is 8.77. The molecule has 0 aliphatic carbocycles. The second-order valence-electron chi connectivity index (χ2n) is 3.63. The lowest BCUT2D eigenvalue weighted by Gasteiger charge is -2.08. The fourth-order valence-electron chi connectivity index (χ4n) is 1.33. The molecular weight excluding hydrogens is 234 g/mol. The number of amides is 1. The Morgan fingerprint density at radius 1 is 1.22 bits per heavy atom. The van der Waals surface area contributed by atoms with E-state index in [0.29, 0.717) is 31.9 Å². The van der Waals surface area contributed by atoms with Crippen LogP contribution in [0.25, 0.3) is 0 Å². The van der Waals surface area contributed by atoms with Crippen molar-refractivity contribution in [1.29, 1.82) is 0 Å². The van der Waals surface area contributed by atoms with Crippen LogP contribution in [-0.4, -0.2) is 51.4 Å². The van der Waals surface area contributed by atoms with E-state index in [-0.39, 0.29) is 5.91 Å². The summed E-state index contributed by atoms with van der Waals surface area (Å²) >= 11 is 0. The standard InChI is InChI=1S/C12H19N3O3/c1-17-5-3-14-11-7-10(8-13-9-11)12(16)15-4-6-18-2/h7-9,14H,3-6H2,1-2H3,(H,15,16). The van der Waals surface area contributed by atoms with Gasteiger partial charge >= 0.3 is 0 Å². The molecule has 0 saturated heterocycles. The van der Waals surface area contributed by atoms with Crippen LogP contribution in [0.15, 0.2) is 18.5 Å². The zero-order valence-corrected chi connectivity index (χ0v) is 10.7. The van der Waals surface area contributed by atoms with Crippen molar-refractivity contribution in [2.75, 3.05) is 45.8 Å². The third-order valence-electron chi connectivity index (χ3n) is 2.23. The molecule has 100 valence electrons. The summed E-state index contributed by atoms with van der Waals surface area (Å²) in [5.41, 5.74) is 1.32. The van der Waals surface area contributed by atoms with E-state index >= 15 is 0 Å². The summed E-state index contributed by atoms with van der Waals surface area (Å²) in [5, 5.41) is 5.85. The van der Waals surface area contributed by atoms with Gasteiger partial charge in [-0.05, 0) is 6.07 Å². The number of pyridine rings is 1. The molecule has 0 unspecified atom stereocenters. The van der Waals surface area contributed by atoms with Crippen molar-refractivity contribution in [1.82, 2.24) is 10.3 Å². The van der Waals surface area contributed by atoms with Gasteiger partial charge in [-0.2, -0.15) is 0 Å². The monoisotopic (exact) mass is 253 g/mol. The van der Waals surface area contributed by atoms with Crippen molar-refractivity contribution in [3.05, 3.63) is 24.0 Å². The van der Waals surface area contributed by atoms with E-state index in [1.54, 1.807) is 26.5 Å². The van der Waals surface area contributed by atoms with Gasteiger partial charge in [-0.25, -0.2) is 0 Å². The van der Waals surface area contributed by atoms with Crippen LogP contribution in [0.2, 0.25) is 0 Å². The second kappa shape index (κ2) is 8.43. The molecule has 0 aliphatic heterocycles. The van der Waals surface area contributed by atoms with Gasteiger partial charge in [0.15, 0.2) is 0 Å². The lowest BCUT2D eigenvalue weighted by molar-refractivity contribution is 0.0937. The molecule has 6 heteroatoms. The minimum absolute atomic E-state index is 0.157. The minimum Gasteiger partial charge on any atom is -0.383 e. The molecule has 1 aromatic rings. The number of nitrogens with one attached hydrogen (secondary N) is 2. The highest BCUT2D eigenvalue weighted by Crippen LogP contribution is 2.07.